The fraction of sp³-hybridized carbons (Fsp3) is 0.438. The predicted molar refractivity (Wildman–Crippen MR) is 81.3 cm³/mol. The Morgan fingerprint density at radius 2 is 1.84 bits per heavy atom. The van der Waals surface area contributed by atoms with Crippen LogP contribution in [0.2, 0.25) is 0 Å². The first kappa shape index (κ1) is 12.8. The molecule has 19 heavy (non-hydrogen) atoms. The first-order valence-electron chi connectivity index (χ1n) is 7.13. The summed E-state index contributed by atoms with van der Waals surface area (Å²) in [6.07, 6.45) is 6.68. The molecular weight excluding hydrogens is 252 g/mol. The van der Waals surface area contributed by atoms with Crippen molar-refractivity contribution in [2.45, 2.75) is 44.6 Å². The van der Waals surface area contributed by atoms with Crippen LogP contribution in [0.4, 0.5) is 0 Å². The smallest absolute Gasteiger partial charge is 0.0966 e. The summed E-state index contributed by atoms with van der Waals surface area (Å²) >= 11 is 1.85. The Labute approximate surface area is 118 Å². The lowest BCUT2D eigenvalue weighted by molar-refractivity contribution is 0.442. The van der Waals surface area contributed by atoms with Crippen LogP contribution < -0.4 is 5.73 Å². The monoisotopic (exact) mass is 272 g/mol. The minimum atomic E-state index is 0.535. The van der Waals surface area contributed by atoms with E-state index < -0.39 is 0 Å². The summed E-state index contributed by atoms with van der Waals surface area (Å²) in [5, 5.41) is 1.30. The first-order chi connectivity index (χ1) is 9.38. The van der Waals surface area contributed by atoms with Crippen molar-refractivity contribution in [2.24, 2.45) is 5.73 Å². The van der Waals surface area contributed by atoms with Crippen molar-refractivity contribution in [2.75, 3.05) is 0 Å². The van der Waals surface area contributed by atoms with Gasteiger partial charge in [-0.05, 0) is 18.4 Å². The van der Waals surface area contributed by atoms with Crippen LogP contribution >= 0.6 is 11.3 Å². The van der Waals surface area contributed by atoms with Crippen LogP contribution in [0.1, 0.15) is 48.7 Å². The molecule has 100 valence electrons. The van der Waals surface area contributed by atoms with E-state index in [2.05, 4.69) is 30.3 Å². The zero-order valence-corrected chi connectivity index (χ0v) is 12.0. The van der Waals surface area contributed by atoms with Crippen molar-refractivity contribution in [1.29, 1.82) is 0 Å². The van der Waals surface area contributed by atoms with Crippen LogP contribution in [0.3, 0.4) is 0 Å². The molecule has 2 N–H and O–H groups in total. The van der Waals surface area contributed by atoms with Crippen molar-refractivity contribution in [3.63, 3.8) is 0 Å². The Morgan fingerprint density at radius 1 is 1.11 bits per heavy atom. The fourth-order valence-electron chi connectivity index (χ4n) is 2.85. The minimum absolute atomic E-state index is 0.535. The molecule has 0 amide bonds. The molecule has 0 unspecified atom stereocenters. The van der Waals surface area contributed by atoms with Gasteiger partial charge in [0.2, 0.25) is 0 Å². The molecule has 3 rings (SSSR count). The summed E-state index contributed by atoms with van der Waals surface area (Å²) in [4.78, 5) is 6.09. The number of thiazole rings is 1. The molecule has 0 atom stereocenters. The number of benzene rings is 1. The van der Waals surface area contributed by atoms with E-state index in [1.54, 1.807) is 0 Å². The quantitative estimate of drug-likeness (QED) is 0.904. The highest BCUT2D eigenvalue weighted by atomic mass is 32.1. The molecule has 0 aliphatic heterocycles. The summed E-state index contributed by atoms with van der Waals surface area (Å²) in [6.45, 7) is 0.535. The van der Waals surface area contributed by atoms with Gasteiger partial charge in [-0.3, -0.25) is 0 Å². The Morgan fingerprint density at radius 3 is 2.53 bits per heavy atom. The number of hydrogen-bond donors (Lipinski definition) is 1. The molecule has 2 nitrogen and oxygen atoms in total. The topological polar surface area (TPSA) is 38.9 Å². The number of hydrogen-bond acceptors (Lipinski definition) is 3. The second kappa shape index (κ2) is 5.85. The maximum absolute atomic E-state index is 5.88. The van der Waals surface area contributed by atoms with E-state index in [0.717, 1.165) is 5.69 Å². The van der Waals surface area contributed by atoms with E-state index in [4.69, 9.17) is 10.7 Å². The van der Waals surface area contributed by atoms with Crippen LogP contribution in [0.15, 0.2) is 30.3 Å². The average molecular weight is 272 g/mol. The molecular formula is C16H20N2S. The maximum atomic E-state index is 5.88. The SMILES string of the molecule is NCc1nc(C2CCCCC2)sc1-c1ccccc1. The lowest BCUT2D eigenvalue weighted by atomic mass is 9.90. The largest absolute Gasteiger partial charge is 0.325 e. The van der Waals surface area contributed by atoms with Gasteiger partial charge in [0.25, 0.3) is 0 Å². The van der Waals surface area contributed by atoms with Crippen molar-refractivity contribution >= 4 is 11.3 Å². The van der Waals surface area contributed by atoms with Crippen molar-refractivity contribution < 1.29 is 0 Å². The summed E-state index contributed by atoms with van der Waals surface area (Å²) in [5.74, 6) is 0.668. The van der Waals surface area contributed by atoms with E-state index in [0.29, 0.717) is 12.5 Å². The van der Waals surface area contributed by atoms with Crippen LogP contribution in [-0.2, 0) is 6.54 Å². The molecule has 1 heterocycles. The van der Waals surface area contributed by atoms with Crippen LogP contribution in [0, 0.1) is 0 Å². The predicted octanol–water partition coefficient (Wildman–Crippen LogP) is 4.32. The molecule has 1 aromatic carbocycles. The number of rotatable bonds is 3. The molecule has 1 aromatic heterocycles. The molecule has 1 aliphatic carbocycles. The highest BCUT2D eigenvalue weighted by molar-refractivity contribution is 7.15. The second-order valence-corrected chi connectivity index (χ2v) is 6.26. The fourth-order valence-corrected chi connectivity index (χ4v) is 4.12. The molecule has 1 fully saturated rings. The van der Waals surface area contributed by atoms with Gasteiger partial charge in [0.15, 0.2) is 0 Å². The second-order valence-electron chi connectivity index (χ2n) is 5.23. The highest BCUT2D eigenvalue weighted by Crippen LogP contribution is 2.39. The lowest BCUT2D eigenvalue weighted by Gasteiger charge is -2.18. The van der Waals surface area contributed by atoms with Gasteiger partial charge in [0.1, 0.15) is 0 Å². The van der Waals surface area contributed by atoms with Gasteiger partial charge in [-0.15, -0.1) is 11.3 Å². The standard InChI is InChI=1S/C16H20N2S/c17-11-14-15(12-7-3-1-4-8-12)19-16(18-14)13-9-5-2-6-10-13/h1,3-4,7-8,13H,2,5-6,9-11,17H2. The van der Waals surface area contributed by atoms with Gasteiger partial charge in [-0.1, -0.05) is 49.6 Å². The van der Waals surface area contributed by atoms with Crippen LogP contribution in [0.5, 0.6) is 0 Å². The van der Waals surface area contributed by atoms with Gasteiger partial charge in [-0.25, -0.2) is 4.98 Å². The first-order valence-corrected chi connectivity index (χ1v) is 7.95. The highest BCUT2D eigenvalue weighted by Gasteiger charge is 2.21. The van der Waals surface area contributed by atoms with Crippen LogP contribution in [-0.4, -0.2) is 4.98 Å². The van der Waals surface area contributed by atoms with E-state index >= 15 is 0 Å². The lowest BCUT2D eigenvalue weighted by Crippen LogP contribution is -2.05. The van der Waals surface area contributed by atoms with Crippen molar-refractivity contribution in [3.8, 4) is 10.4 Å². The van der Waals surface area contributed by atoms with Gasteiger partial charge in [0.05, 0.1) is 15.6 Å². The Kier molecular flexibility index (Phi) is 3.95. The number of aromatic nitrogens is 1. The zero-order valence-electron chi connectivity index (χ0n) is 11.1. The molecule has 1 aliphatic rings. The zero-order chi connectivity index (χ0) is 13.1. The number of nitrogens with zero attached hydrogens (tertiary/aromatic N) is 1. The number of nitrogens with two attached hydrogens (primary N) is 1. The van der Waals surface area contributed by atoms with Gasteiger partial charge in [-0.2, -0.15) is 0 Å². The third-order valence-corrected chi connectivity index (χ3v) is 5.21. The van der Waals surface area contributed by atoms with Crippen molar-refractivity contribution in [3.05, 3.63) is 41.0 Å². The minimum Gasteiger partial charge on any atom is -0.325 e. The molecule has 1 saturated carbocycles. The third kappa shape index (κ3) is 2.72. The summed E-state index contributed by atoms with van der Waals surface area (Å²) in [5.41, 5.74) is 8.19. The van der Waals surface area contributed by atoms with Gasteiger partial charge < -0.3 is 5.73 Å². The summed E-state index contributed by atoms with van der Waals surface area (Å²) < 4.78 is 0. The average Bonchev–Trinajstić information content (AvgIpc) is 2.93. The van der Waals surface area contributed by atoms with Crippen LogP contribution in [0.25, 0.3) is 10.4 Å². The molecule has 0 saturated heterocycles. The van der Waals surface area contributed by atoms with Crippen molar-refractivity contribution in [1.82, 2.24) is 4.98 Å². The molecule has 0 spiro atoms. The molecule has 0 radical (unpaired) electrons. The summed E-state index contributed by atoms with van der Waals surface area (Å²) in [7, 11) is 0. The Hall–Kier alpha value is -1.19. The molecule has 3 heteroatoms. The van der Waals surface area contributed by atoms with E-state index in [1.165, 1.54) is 47.6 Å². The molecule has 0 bridgehead atoms. The molecule has 2 aromatic rings. The summed E-state index contributed by atoms with van der Waals surface area (Å²) in [6, 6.07) is 10.5. The maximum Gasteiger partial charge on any atom is 0.0966 e. The van der Waals surface area contributed by atoms with Gasteiger partial charge in [0, 0.05) is 12.5 Å². The Balaban J connectivity index is 1.94. The van der Waals surface area contributed by atoms with Gasteiger partial charge >= 0.3 is 0 Å². The van der Waals surface area contributed by atoms with E-state index in [9.17, 15) is 0 Å². The van der Waals surface area contributed by atoms with E-state index in [1.807, 2.05) is 11.3 Å². The third-order valence-electron chi connectivity index (χ3n) is 3.90. The Bertz CT molecular complexity index is 527. The normalized spacial score (nSPS) is 16.7. The van der Waals surface area contributed by atoms with E-state index in [-0.39, 0.29) is 0 Å².